The molecule has 1 N–H and O–H groups in total. The van der Waals surface area contributed by atoms with Crippen LogP contribution in [0.1, 0.15) is 23.7 Å². The Labute approximate surface area is 123 Å². The van der Waals surface area contributed by atoms with Gasteiger partial charge in [-0.3, -0.25) is 0 Å². The summed E-state index contributed by atoms with van der Waals surface area (Å²) in [5, 5.41) is 13.1. The molecule has 5 heteroatoms. The van der Waals surface area contributed by atoms with Crippen LogP contribution in [0.25, 0.3) is 6.08 Å². The van der Waals surface area contributed by atoms with Crippen LogP contribution in [0, 0.1) is 6.92 Å². The van der Waals surface area contributed by atoms with Crippen LogP contribution in [0.15, 0.2) is 30.3 Å². The molecule has 0 bridgehead atoms. The minimum Gasteiger partial charge on any atom is -0.478 e. The summed E-state index contributed by atoms with van der Waals surface area (Å²) in [5.41, 5.74) is 2.48. The number of aryl methyl sites for hydroxylation is 3. The average Bonchev–Trinajstić information content (AvgIpc) is 2.71. The second-order valence-electron chi connectivity index (χ2n) is 4.66. The second kappa shape index (κ2) is 6.26. The van der Waals surface area contributed by atoms with Crippen molar-refractivity contribution in [2.45, 2.75) is 20.3 Å². The first-order valence-corrected chi connectivity index (χ1v) is 6.73. The molecule has 5 nitrogen and oxygen atoms in total. The Morgan fingerprint density at radius 3 is 2.81 bits per heavy atom. The molecule has 0 atom stereocenters. The Balaban J connectivity index is 2.42. The van der Waals surface area contributed by atoms with E-state index in [2.05, 4.69) is 12.0 Å². The highest BCUT2D eigenvalue weighted by molar-refractivity contribution is 5.86. The molecule has 0 unspecified atom stereocenters. The Kier molecular flexibility index (Phi) is 4.42. The zero-order valence-corrected chi connectivity index (χ0v) is 12.3. The van der Waals surface area contributed by atoms with Crippen molar-refractivity contribution in [3.8, 4) is 11.6 Å². The van der Waals surface area contributed by atoms with Gasteiger partial charge >= 0.3 is 5.97 Å². The fourth-order valence-corrected chi connectivity index (χ4v) is 2.12. The number of para-hydroxylation sites is 1. The summed E-state index contributed by atoms with van der Waals surface area (Å²) < 4.78 is 7.59. The molecule has 0 saturated heterocycles. The van der Waals surface area contributed by atoms with E-state index in [4.69, 9.17) is 9.84 Å². The third-order valence-corrected chi connectivity index (χ3v) is 3.17. The minimum atomic E-state index is -1.00. The molecule has 0 aliphatic carbocycles. The first-order valence-electron chi connectivity index (χ1n) is 6.73. The normalized spacial score (nSPS) is 11.0. The van der Waals surface area contributed by atoms with Gasteiger partial charge in [0.15, 0.2) is 0 Å². The number of carboxylic acids is 1. The van der Waals surface area contributed by atoms with Crippen molar-refractivity contribution in [1.82, 2.24) is 9.78 Å². The summed E-state index contributed by atoms with van der Waals surface area (Å²) in [6.45, 7) is 3.88. The van der Waals surface area contributed by atoms with Crippen LogP contribution in [-0.2, 0) is 18.3 Å². The molecule has 110 valence electrons. The molecule has 1 aromatic carbocycles. The molecular formula is C16H18N2O3. The lowest BCUT2D eigenvalue weighted by Crippen LogP contribution is -1.98. The highest BCUT2D eigenvalue weighted by Gasteiger charge is 2.14. The zero-order valence-electron chi connectivity index (χ0n) is 12.3. The number of benzene rings is 1. The Morgan fingerprint density at radius 1 is 1.43 bits per heavy atom. The van der Waals surface area contributed by atoms with Crippen molar-refractivity contribution in [1.29, 1.82) is 0 Å². The van der Waals surface area contributed by atoms with Crippen LogP contribution in [0.2, 0.25) is 0 Å². The SMILES string of the molecule is CCc1ccccc1Oc1c(/C=C/C(=O)O)c(C)nn1C. The molecule has 1 aromatic heterocycles. The van der Waals surface area contributed by atoms with Crippen LogP contribution in [0.3, 0.4) is 0 Å². The predicted octanol–water partition coefficient (Wildman–Crippen LogP) is 3.18. The van der Waals surface area contributed by atoms with Gasteiger partial charge in [0.2, 0.25) is 5.88 Å². The van der Waals surface area contributed by atoms with Crippen molar-refractivity contribution in [3.05, 3.63) is 47.2 Å². The molecular weight excluding hydrogens is 268 g/mol. The monoisotopic (exact) mass is 286 g/mol. The number of aliphatic carboxylic acids is 1. The van der Waals surface area contributed by atoms with Crippen LogP contribution in [0.5, 0.6) is 11.6 Å². The van der Waals surface area contributed by atoms with E-state index in [0.717, 1.165) is 29.5 Å². The van der Waals surface area contributed by atoms with Gasteiger partial charge < -0.3 is 9.84 Å². The molecule has 0 fully saturated rings. The number of hydrogen-bond donors (Lipinski definition) is 1. The van der Waals surface area contributed by atoms with Crippen LogP contribution in [-0.4, -0.2) is 20.9 Å². The van der Waals surface area contributed by atoms with E-state index in [1.807, 2.05) is 31.2 Å². The van der Waals surface area contributed by atoms with Gasteiger partial charge in [-0.1, -0.05) is 25.1 Å². The van der Waals surface area contributed by atoms with Crippen molar-refractivity contribution in [2.75, 3.05) is 0 Å². The minimum absolute atomic E-state index is 0.533. The number of carbonyl (C=O) groups is 1. The maximum absolute atomic E-state index is 10.7. The number of hydrogen-bond acceptors (Lipinski definition) is 3. The third-order valence-electron chi connectivity index (χ3n) is 3.17. The number of ether oxygens (including phenoxy) is 1. The van der Waals surface area contributed by atoms with Crippen LogP contribution < -0.4 is 4.74 Å². The molecule has 1 heterocycles. The molecule has 0 amide bonds. The van der Waals surface area contributed by atoms with Gasteiger partial charge in [0.25, 0.3) is 0 Å². The van der Waals surface area contributed by atoms with Crippen LogP contribution >= 0.6 is 0 Å². The third kappa shape index (κ3) is 3.31. The summed E-state index contributed by atoms with van der Waals surface area (Å²) in [6.07, 6.45) is 3.45. The fraction of sp³-hybridized carbons (Fsp3) is 0.250. The molecule has 2 aromatic rings. The summed E-state index contributed by atoms with van der Waals surface area (Å²) >= 11 is 0. The second-order valence-corrected chi connectivity index (χ2v) is 4.66. The van der Waals surface area contributed by atoms with Crippen LogP contribution in [0.4, 0.5) is 0 Å². The molecule has 0 spiro atoms. The van der Waals surface area contributed by atoms with E-state index in [1.54, 1.807) is 11.7 Å². The topological polar surface area (TPSA) is 64.3 Å². The summed E-state index contributed by atoms with van der Waals surface area (Å²) in [4.78, 5) is 10.7. The number of aromatic nitrogens is 2. The Hall–Kier alpha value is -2.56. The van der Waals surface area contributed by atoms with Gasteiger partial charge in [-0.2, -0.15) is 5.10 Å². The highest BCUT2D eigenvalue weighted by Crippen LogP contribution is 2.30. The van der Waals surface area contributed by atoms with Gasteiger partial charge in [-0.25, -0.2) is 9.48 Å². The standard InChI is InChI=1S/C16H18N2O3/c1-4-12-7-5-6-8-14(12)21-16-13(9-10-15(19)20)11(2)17-18(16)3/h5-10H,4H2,1-3H3,(H,19,20)/b10-9+. The Bertz CT molecular complexity index is 687. The molecule has 0 aliphatic heterocycles. The lowest BCUT2D eigenvalue weighted by atomic mass is 10.1. The van der Waals surface area contributed by atoms with E-state index in [9.17, 15) is 4.79 Å². The zero-order chi connectivity index (χ0) is 15.4. The maximum atomic E-state index is 10.7. The smallest absolute Gasteiger partial charge is 0.328 e. The van der Waals surface area contributed by atoms with Crippen molar-refractivity contribution >= 4 is 12.0 Å². The summed E-state index contributed by atoms with van der Waals surface area (Å²) in [5.74, 6) is 0.289. The Morgan fingerprint density at radius 2 is 2.14 bits per heavy atom. The number of nitrogens with zero attached hydrogens (tertiary/aromatic N) is 2. The largest absolute Gasteiger partial charge is 0.478 e. The van der Waals surface area contributed by atoms with Gasteiger partial charge in [0.1, 0.15) is 5.75 Å². The summed E-state index contributed by atoms with van der Waals surface area (Å²) in [7, 11) is 1.77. The van der Waals surface area contributed by atoms with Gasteiger partial charge in [-0.05, 0) is 31.1 Å². The lowest BCUT2D eigenvalue weighted by molar-refractivity contribution is -0.131. The van der Waals surface area contributed by atoms with Crippen molar-refractivity contribution in [3.63, 3.8) is 0 Å². The predicted molar refractivity (Wildman–Crippen MR) is 80.5 cm³/mol. The number of carboxylic acid groups (broad SMARTS) is 1. The van der Waals surface area contributed by atoms with E-state index in [-0.39, 0.29) is 0 Å². The first-order chi connectivity index (χ1) is 10.0. The fourth-order valence-electron chi connectivity index (χ4n) is 2.12. The van der Waals surface area contributed by atoms with Gasteiger partial charge in [0.05, 0.1) is 11.3 Å². The highest BCUT2D eigenvalue weighted by atomic mass is 16.5. The molecule has 0 saturated carbocycles. The summed E-state index contributed by atoms with van der Waals surface area (Å²) in [6, 6.07) is 7.77. The molecule has 0 aliphatic rings. The van der Waals surface area contributed by atoms with Gasteiger partial charge in [-0.15, -0.1) is 0 Å². The van der Waals surface area contributed by atoms with E-state index >= 15 is 0 Å². The maximum Gasteiger partial charge on any atom is 0.328 e. The average molecular weight is 286 g/mol. The molecule has 0 radical (unpaired) electrons. The van der Waals surface area contributed by atoms with E-state index < -0.39 is 5.97 Å². The number of rotatable bonds is 5. The van der Waals surface area contributed by atoms with E-state index in [0.29, 0.717) is 11.4 Å². The van der Waals surface area contributed by atoms with Gasteiger partial charge in [0, 0.05) is 13.1 Å². The van der Waals surface area contributed by atoms with E-state index in [1.165, 1.54) is 6.08 Å². The first kappa shape index (κ1) is 14.8. The molecule has 2 rings (SSSR count). The van der Waals surface area contributed by atoms with Crippen molar-refractivity contribution < 1.29 is 14.6 Å². The molecule has 21 heavy (non-hydrogen) atoms. The lowest BCUT2D eigenvalue weighted by Gasteiger charge is -2.10. The quantitative estimate of drug-likeness (QED) is 0.857. The van der Waals surface area contributed by atoms with Crippen molar-refractivity contribution in [2.24, 2.45) is 7.05 Å².